The van der Waals surface area contributed by atoms with Crippen molar-refractivity contribution in [1.82, 2.24) is 4.98 Å². The van der Waals surface area contributed by atoms with Crippen molar-refractivity contribution in [2.24, 2.45) is 23.2 Å². The van der Waals surface area contributed by atoms with Crippen molar-refractivity contribution < 1.29 is 4.79 Å². The lowest BCUT2D eigenvalue weighted by Gasteiger charge is -2.55. The molecule has 0 aromatic carbocycles. The van der Waals surface area contributed by atoms with Gasteiger partial charge < -0.3 is 5.73 Å². The molecule has 2 aromatic heterocycles. The first kappa shape index (κ1) is 14.9. The van der Waals surface area contributed by atoms with Crippen molar-refractivity contribution >= 4 is 33.0 Å². The lowest BCUT2D eigenvalue weighted by molar-refractivity contribution is -0.0350. The first-order valence-corrected chi connectivity index (χ1v) is 9.98. The Morgan fingerprint density at radius 2 is 1.75 bits per heavy atom. The van der Waals surface area contributed by atoms with Crippen LogP contribution in [-0.2, 0) is 0 Å². The van der Waals surface area contributed by atoms with E-state index in [1.54, 1.807) is 0 Å². The van der Waals surface area contributed by atoms with E-state index in [9.17, 15) is 4.79 Å². The number of pyridine rings is 1. The Hall–Kier alpha value is -1.42. The van der Waals surface area contributed by atoms with E-state index in [1.165, 1.54) is 30.6 Å². The molecule has 126 valence electrons. The molecule has 24 heavy (non-hydrogen) atoms. The molecular formula is C20H24N2OS. The minimum absolute atomic E-state index is 0.118. The van der Waals surface area contributed by atoms with Gasteiger partial charge in [0, 0.05) is 16.5 Å². The third kappa shape index (κ3) is 1.95. The maximum atomic E-state index is 13.6. The quantitative estimate of drug-likeness (QED) is 0.792. The van der Waals surface area contributed by atoms with Crippen molar-refractivity contribution in [3.63, 3.8) is 0 Å². The number of fused-ring (bicyclic) bond motifs is 1. The van der Waals surface area contributed by atoms with Gasteiger partial charge in [0.05, 0.1) is 10.6 Å². The van der Waals surface area contributed by atoms with Gasteiger partial charge in [-0.05, 0) is 81.8 Å². The van der Waals surface area contributed by atoms with Crippen LogP contribution in [0.4, 0.5) is 5.69 Å². The Labute approximate surface area is 146 Å². The fourth-order valence-corrected chi connectivity index (χ4v) is 7.54. The van der Waals surface area contributed by atoms with Crippen molar-refractivity contribution in [3.8, 4) is 0 Å². The third-order valence-corrected chi connectivity index (χ3v) is 7.85. The van der Waals surface area contributed by atoms with Gasteiger partial charge in [0.2, 0.25) is 0 Å². The highest BCUT2D eigenvalue weighted by molar-refractivity contribution is 7.21. The van der Waals surface area contributed by atoms with Crippen molar-refractivity contribution in [1.29, 1.82) is 0 Å². The molecule has 6 rings (SSSR count). The van der Waals surface area contributed by atoms with Crippen LogP contribution in [-0.4, -0.2) is 10.8 Å². The molecule has 4 saturated carbocycles. The summed E-state index contributed by atoms with van der Waals surface area (Å²) >= 11 is 1.52. The zero-order chi connectivity index (χ0) is 16.6. The summed E-state index contributed by atoms with van der Waals surface area (Å²) in [5.74, 6) is 2.66. The Bertz CT molecular complexity index is 831. The molecule has 2 N–H and O–H groups in total. The highest BCUT2D eigenvalue weighted by atomic mass is 32.1. The lowest BCUT2D eigenvalue weighted by Crippen LogP contribution is -2.49. The van der Waals surface area contributed by atoms with Crippen LogP contribution in [0.2, 0.25) is 0 Å². The van der Waals surface area contributed by atoms with E-state index in [0.717, 1.165) is 63.4 Å². The minimum atomic E-state index is -0.118. The van der Waals surface area contributed by atoms with Crippen LogP contribution in [0.25, 0.3) is 10.2 Å². The molecular weight excluding hydrogens is 316 g/mol. The average molecular weight is 340 g/mol. The predicted octanol–water partition coefficient (Wildman–Crippen LogP) is 4.89. The summed E-state index contributed by atoms with van der Waals surface area (Å²) in [6.45, 7) is 4.07. The monoisotopic (exact) mass is 340 g/mol. The van der Waals surface area contributed by atoms with E-state index in [2.05, 4.69) is 18.0 Å². The molecule has 0 saturated heterocycles. The summed E-state index contributed by atoms with van der Waals surface area (Å²) in [6.07, 6.45) is 7.35. The van der Waals surface area contributed by atoms with Gasteiger partial charge in [0.15, 0.2) is 5.78 Å². The smallest absolute Gasteiger partial charge is 0.181 e. The Morgan fingerprint density at radius 3 is 2.33 bits per heavy atom. The van der Waals surface area contributed by atoms with E-state index in [0.29, 0.717) is 11.5 Å². The normalized spacial score (nSPS) is 34.2. The number of nitrogen functional groups attached to an aromatic ring is 1. The molecule has 0 unspecified atom stereocenters. The Morgan fingerprint density at radius 1 is 1.17 bits per heavy atom. The Kier molecular flexibility index (Phi) is 2.98. The number of carbonyl (C=O) groups is 1. The second-order valence-corrected chi connectivity index (χ2v) is 9.63. The van der Waals surface area contributed by atoms with Gasteiger partial charge in [-0.25, -0.2) is 4.98 Å². The first-order valence-electron chi connectivity index (χ1n) is 9.16. The predicted molar refractivity (Wildman–Crippen MR) is 98.4 cm³/mol. The first-order chi connectivity index (χ1) is 11.4. The summed E-state index contributed by atoms with van der Waals surface area (Å²) in [5.41, 5.74) is 9.15. The van der Waals surface area contributed by atoms with Gasteiger partial charge in [-0.2, -0.15) is 0 Å². The standard InChI is InChI=1S/C20H24N2OS/c1-10-3-11(2)22-19-15(10)16(21)17(24-19)18(23)20-7-12-4-13(8-20)6-14(5-12)9-20/h3,12-14H,4-9,21H2,1-2H3. The summed E-state index contributed by atoms with van der Waals surface area (Å²) in [5, 5.41) is 0.999. The number of ketones is 1. The highest BCUT2D eigenvalue weighted by Crippen LogP contribution is 2.61. The largest absolute Gasteiger partial charge is 0.397 e. The van der Waals surface area contributed by atoms with Crippen LogP contribution in [0.3, 0.4) is 0 Å². The van der Waals surface area contributed by atoms with Crippen LogP contribution in [0.15, 0.2) is 6.07 Å². The molecule has 0 radical (unpaired) electrons. The number of rotatable bonds is 2. The van der Waals surface area contributed by atoms with Crippen LogP contribution >= 0.6 is 11.3 Å². The lowest BCUT2D eigenvalue weighted by atomic mass is 9.48. The summed E-state index contributed by atoms with van der Waals surface area (Å²) in [7, 11) is 0. The maximum Gasteiger partial charge on any atom is 0.181 e. The molecule has 4 bridgehead atoms. The number of thiophene rings is 1. The summed E-state index contributed by atoms with van der Waals surface area (Å²) < 4.78 is 0. The van der Waals surface area contributed by atoms with Crippen LogP contribution < -0.4 is 5.73 Å². The fraction of sp³-hybridized carbons (Fsp3) is 0.600. The molecule has 4 aliphatic carbocycles. The zero-order valence-corrected chi connectivity index (χ0v) is 15.2. The number of hydrogen-bond acceptors (Lipinski definition) is 4. The number of aromatic nitrogens is 1. The topological polar surface area (TPSA) is 56.0 Å². The number of Topliss-reactive ketones (excluding diaryl/α,β-unsaturated/α-hetero) is 1. The molecule has 4 aliphatic rings. The molecule has 0 aliphatic heterocycles. The second kappa shape index (κ2) is 4.81. The number of nitrogens with zero attached hydrogens (tertiary/aromatic N) is 1. The molecule has 4 fully saturated rings. The maximum absolute atomic E-state index is 13.6. The van der Waals surface area contributed by atoms with E-state index in [1.807, 2.05) is 6.92 Å². The average Bonchev–Trinajstić information content (AvgIpc) is 2.81. The molecule has 0 spiro atoms. The zero-order valence-electron chi connectivity index (χ0n) is 14.4. The fourth-order valence-electron chi connectivity index (χ4n) is 6.27. The number of nitrogens with two attached hydrogens (primary N) is 1. The van der Waals surface area contributed by atoms with Gasteiger partial charge in [-0.1, -0.05) is 0 Å². The van der Waals surface area contributed by atoms with E-state index in [-0.39, 0.29) is 5.41 Å². The SMILES string of the molecule is Cc1cc(C)c2c(N)c(C(=O)C34CC5CC(CC(C5)C3)C4)sc2n1. The van der Waals surface area contributed by atoms with Crippen molar-refractivity contribution in [2.75, 3.05) is 5.73 Å². The molecule has 0 amide bonds. The second-order valence-electron chi connectivity index (χ2n) is 8.63. The third-order valence-electron chi connectivity index (χ3n) is 6.75. The van der Waals surface area contributed by atoms with E-state index in [4.69, 9.17) is 5.73 Å². The van der Waals surface area contributed by atoms with Crippen molar-refractivity contribution in [3.05, 3.63) is 22.2 Å². The number of carbonyl (C=O) groups excluding carboxylic acids is 1. The van der Waals surface area contributed by atoms with Gasteiger partial charge in [0.1, 0.15) is 4.83 Å². The van der Waals surface area contributed by atoms with Crippen LogP contribution in [0.5, 0.6) is 0 Å². The minimum Gasteiger partial charge on any atom is -0.397 e. The molecule has 2 heterocycles. The molecule has 4 heteroatoms. The van der Waals surface area contributed by atoms with Crippen LogP contribution in [0, 0.1) is 37.0 Å². The van der Waals surface area contributed by atoms with E-state index >= 15 is 0 Å². The van der Waals surface area contributed by atoms with Gasteiger partial charge in [0.25, 0.3) is 0 Å². The van der Waals surface area contributed by atoms with Crippen molar-refractivity contribution in [2.45, 2.75) is 52.4 Å². The van der Waals surface area contributed by atoms with Crippen LogP contribution in [0.1, 0.15) is 59.5 Å². The van der Waals surface area contributed by atoms with Gasteiger partial charge >= 0.3 is 0 Å². The highest BCUT2D eigenvalue weighted by Gasteiger charge is 2.55. The molecule has 0 atom stereocenters. The molecule has 3 nitrogen and oxygen atoms in total. The van der Waals surface area contributed by atoms with Gasteiger partial charge in [-0.15, -0.1) is 11.3 Å². The number of anilines is 1. The number of aryl methyl sites for hydroxylation is 2. The van der Waals surface area contributed by atoms with Gasteiger partial charge in [-0.3, -0.25) is 4.79 Å². The summed E-state index contributed by atoms with van der Waals surface area (Å²) in [4.78, 5) is 19.9. The summed E-state index contributed by atoms with van der Waals surface area (Å²) in [6, 6.07) is 2.06. The van der Waals surface area contributed by atoms with E-state index < -0.39 is 0 Å². The molecule has 2 aromatic rings. The number of hydrogen-bond donors (Lipinski definition) is 1. The Balaban J connectivity index is 1.62.